The Kier molecular flexibility index (Phi) is 6.11. The van der Waals surface area contributed by atoms with Crippen LogP contribution in [0.5, 0.6) is 0 Å². The van der Waals surface area contributed by atoms with Crippen LogP contribution in [-0.2, 0) is 13.1 Å². The molecule has 1 fully saturated rings. The van der Waals surface area contributed by atoms with Gasteiger partial charge in [0.1, 0.15) is 5.76 Å². The van der Waals surface area contributed by atoms with E-state index in [4.69, 9.17) is 4.42 Å². The molecule has 0 amide bonds. The zero-order chi connectivity index (χ0) is 14.4. The van der Waals surface area contributed by atoms with Crippen LogP contribution < -0.4 is 5.32 Å². The molecule has 1 saturated heterocycles. The molecule has 0 bridgehead atoms. The van der Waals surface area contributed by atoms with Crippen LogP contribution in [0.25, 0.3) is 0 Å². The van der Waals surface area contributed by atoms with Gasteiger partial charge in [-0.1, -0.05) is 27.2 Å². The Labute approximate surface area is 123 Å². The van der Waals surface area contributed by atoms with E-state index in [1.165, 1.54) is 44.3 Å². The van der Waals surface area contributed by atoms with Gasteiger partial charge in [-0.15, -0.1) is 0 Å². The summed E-state index contributed by atoms with van der Waals surface area (Å²) in [6.07, 6.45) is 7.24. The first-order chi connectivity index (χ1) is 9.69. The van der Waals surface area contributed by atoms with Crippen molar-refractivity contribution in [2.24, 2.45) is 5.92 Å². The molecule has 3 heteroatoms. The van der Waals surface area contributed by atoms with Crippen LogP contribution in [0.1, 0.15) is 57.8 Å². The Morgan fingerprint density at radius 2 is 2.20 bits per heavy atom. The van der Waals surface area contributed by atoms with Gasteiger partial charge in [-0.25, -0.2) is 0 Å². The summed E-state index contributed by atoms with van der Waals surface area (Å²) in [5.74, 6) is 2.08. The molecule has 3 nitrogen and oxygen atoms in total. The number of furan rings is 1. The summed E-state index contributed by atoms with van der Waals surface area (Å²) < 4.78 is 5.71. The van der Waals surface area contributed by atoms with E-state index in [1.54, 1.807) is 0 Å². The van der Waals surface area contributed by atoms with Crippen molar-refractivity contribution in [2.75, 3.05) is 13.1 Å². The molecule has 1 N–H and O–H groups in total. The SMILES string of the molecule is CCC1CCCN(Cc2occc2CNC(C)C)CC1. The van der Waals surface area contributed by atoms with Gasteiger partial charge in [0.05, 0.1) is 12.8 Å². The van der Waals surface area contributed by atoms with Gasteiger partial charge in [-0.3, -0.25) is 4.90 Å². The van der Waals surface area contributed by atoms with Crippen molar-refractivity contribution < 1.29 is 4.42 Å². The minimum absolute atomic E-state index is 0.515. The molecule has 1 aliphatic heterocycles. The molecule has 0 spiro atoms. The summed E-state index contributed by atoms with van der Waals surface area (Å²) in [5, 5.41) is 3.48. The Hall–Kier alpha value is -0.800. The van der Waals surface area contributed by atoms with Crippen LogP contribution in [-0.4, -0.2) is 24.0 Å². The quantitative estimate of drug-likeness (QED) is 0.858. The highest BCUT2D eigenvalue weighted by Crippen LogP contribution is 2.22. The molecule has 1 aromatic heterocycles. The van der Waals surface area contributed by atoms with E-state index in [-0.39, 0.29) is 0 Å². The number of nitrogens with zero attached hydrogens (tertiary/aromatic N) is 1. The average molecular weight is 278 g/mol. The number of likely N-dealkylation sites (tertiary alicyclic amines) is 1. The predicted molar refractivity (Wildman–Crippen MR) is 83.6 cm³/mol. The van der Waals surface area contributed by atoms with Crippen LogP contribution in [0.2, 0.25) is 0 Å². The van der Waals surface area contributed by atoms with Crippen LogP contribution in [0.4, 0.5) is 0 Å². The lowest BCUT2D eigenvalue weighted by atomic mass is 9.98. The van der Waals surface area contributed by atoms with Crippen LogP contribution in [0.15, 0.2) is 16.7 Å². The zero-order valence-corrected chi connectivity index (χ0v) is 13.3. The fourth-order valence-electron chi connectivity index (χ4n) is 2.97. The first-order valence-corrected chi connectivity index (χ1v) is 8.20. The molecule has 0 aliphatic carbocycles. The third kappa shape index (κ3) is 4.64. The van der Waals surface area contributed by atoms with Crippen molar-refractivity contribution in [3.63, 3.8) is 0 Å². The second-order valence-corrected chi connectivity index (χ2v) is 6.39. The summed E-state index contributed by atoms with van der Waals surface area (Å²) >= 11 is 0. The summed E-state index contributed by atoms with van der Waals surface area (Å²) in [7, 11) is 0. The topological polar surface area (TPSA) is 28.4 Å². The standard InChI is InChI=1S/C17H30N2O/c1-4-15-6-5-9-19(10-7-15)13-17-16(8-11-20-17)12-18-14(2)3/h8,11,14-15,18H,4-7,9-10,12-13H2,1-3H3. The van der Waals surface area contributed by atoms with E-state index >= 15 is 0 Å². The minimum atomic E-state index is 0.515. The molecule has 2 rings (SSSR count). The number of rotatable bonds is 6. The van der Waals surface area contributed by atoms with E-state index in [1.807, 2.05) is 6.26 Å². The maximum atomic E-state index is 5.71. The summed E-state index contributed by atoms with van der Waals surface area (Å²) in [6, 6.07) is 2.62. The largest absolute Gasteiger partial charge is 0.468 e. The monoisotopic (exact) mass is 278 g/mol. The van der Waals surface area contributed by atoms with Crippen molar-refractivity contribution in [2.45, 2.75) is 65.6 Å². The minimum Gasteiger partial charge on any atom is -0.468 e. The van der Waals surface area contributed by atoms with Gasteiger partial charge in [-0.05, 0) is 44.3 Å². The highest BCUT2D eigenvalue weighted by molar-refractivity contribution is 5.17. The Balaban J connectivity index is 1.88. The number of hydrogen-bond donors (Lipinski definition) is 1. The Morgan fingerprint density at radius 1 is 1.35 bits per heavy atom. The van der Waals surface area contributed by atoms with Crippen LogP contribution in [0, 0.1) is 5.92 Å². The number of nitrogens with one attached hydrogen (secondary N) is 1. The smallest absolute Gasteiger partial charge is 0.122 e. The normalized spacial score (nSPS) is 21.3. The second-order valence-electron chi connectivity index (χ2n) is 6.39. The second kappa shape index (κ2) is 7.84. The fraction of sp³-hybridized carbons (Fsp3) is 0.765. The fourth-order valence-corrected chi connectivity index (χ4v) is 2.97. The van der Waals surface area contributed by atoms with E-state index < -0.39 is 0 Å². The van der Waals surface area contributed by atoms with Gasteiger partial charge in [0.25, 0.3) is 0 Å². The van der Waals surface area contributed by atoms with Crippen molar-refractivity contribution in [3.8, 4) is 0 Å². The van der Waals surface area contributed by atoms with Crippen molar-refractivity contribution in [1.82, 2.24) is 10.2 Å². The van der Waals surface area contributed by atoms with E-state index in [9.17, 15) is 0 Å². The van der Waals surface area contributed by atoms with Gasteiger partial charge < -0.3 is 9.73 Å². The molecule has 0 aromatic carbocycles. The molecule has 20 heavy (non-hydrogen) atoms. The molecule has 2 heterocycles. The first-order valence-electron chi connectivity index (χ1n) is 8.20. The van der Waals surface area contributed by atoms with Crippen molar-refractivity contribution in [1.29, 1.82) is 0 Å². The summed E-state index contributed by atoms with van der Waals surface area (Å²) in [6.45, 7) is 11.0. The molecule has 0 saturated carbocycles. The highest BCUT2D eigenvalue weighted by atomic mass is 16.3. The van der Waals surface area contributed by atoms with Gasteiger partial charge in [0, 0.05) is 18.2 Å². The zero-order valence-electron chi connectivity index (χ0n) is 13.3. The summed E-state index contributed by atoms with van der Waals surface area (Å²) in [4.78, 5) is 2.56. The third-order valence-corrected chi connectivity index (χ3v) is 4.42. The van der Waals surface area contributed by atoms with Crippen LogP contribution >= 0.6 is 0 Å². The van der Waals surface area contributed by atoms with Crippen molar-refractivity contribution >= 4 is 0 Å². The lowest BCUT2D eigenvalue weighted by molar-refractivity contribution is 0.248. The average Bonchev–Trinajstić information content (AvgIpc) is 2.73. The van der Waals surface area contributed by atoms with E-state index in [2.05, 4.69) is 37.1 Å². The third-order valence-electron chi connectivity index (χ3n) is 4.42. The molecular formula is C17H30N2O. The van der Waals surface area contributed by atoms with Gasteiger partial charge in [0.15, 0.2) is 0 Å². The highest BCUT2D eigenvalue weighted by Gasteiger charge is 2.18. The molecule has 1 atom stereocenters. The molecule has 0 radical (unpaired) electrons. The van der Waals surface area contributed by atoms with Gasteiger partial charge in [0.2, 0.25) is 0 Å². The Morgan fingerprint density at radius 3 is 2.95 bits per heavy atom. The van der Waals surface area contributed by atoms with E-state index in [0.717, 1.165) is 24.8 Å². The van der Waals surface area contributed by atoms with Gasteiger partial charge in [-0.2, -0.15) is 0 Å². The summed E-state index contributed by atoms with van der Waals surface area (Å²) in [5.41, 5.74) is 1.31. The number of hydrogen-bond acceptors (Lipinski definition) is 3. The molecule has 1 unspecified atom stereocenters. The first kappa shape index (κ1) is 15.6. The molecule has 1 aromatic rings. The predicted octanol–water partition coefficient (Wildman–Crippen LogP) is 3.79. The Bertz CT molecular complexity index is 386. The van der Waals surface area contributed by atoms with Crippen LogP contribution in [0.3, 0.4) is 0 Å². The van der Waals surface area contributed by atoms with E-state index in [0.29, 0.717) is 6.04 Å². The lowest BCUT2D eigenvalue weighted by Crippen LogP contribution is -2.26. The maximum absolute atomic E-state index is 5.71. The van der Waals surface area contributed by atoms with Gasteiger partial charge >= 0.3 is 0 Å². The molecular weight excluding hydrogens is 248 g/mol. The maximum Gasteiger partial charge on any atom is 0.122 e. The lowest BCUT2D eigenvalue weighted by Gasteiger charge is -2.19. The van der Waals surface area contributed by atoms with Crippen molar-refractivity contribution in [3.05, 3.63) is 23.7 Å². The molecule has 1 aliphatic rings. The molecule has 114 valence electrons.